The quantitative estimate of drug-likeness (QED) is 0.614. The van der Waals surface area contributed by atoms with Crippen LogP contribution in [0.25, 0.3) is 16.7 Å². The number of anilines is 1. The van der Waals surface area contributed by atoms with E-state index in [1.165, 1.54) is 29.3 Å². The number of sulfone groups is 1. The summed E-state index contributed by atoms with van der Waals surface area (Å²) in [6.45, 7) is 4.63. The van der Waals surface area contributed by atoms with Crippen molar-refractivity contribution >= 4 is 32.8 Å². The number of rotatable bonds is 5. The normalized spacial score (nSPS) is 16.7. The number of ether oxygens (including phenoxy) is 1. The van der Waals surface area contributed by atoms with E-state index in [-0.39, 0.29) is 28.8 Å². The Morgan fingerprint density at radius 1 is 1.31 bits per heavy atom. The molecule has 1 saturated heterocycles. The van der Waals surface area contributed by atoms with Gasteiger partial charge < -0.3 is 15.0 Å². The summed E-state index contributed by atoms with van der Waals surface area (Å²) in [7, 11) is -3.53. The lowest BCUT2D eigenvalue weighted by atomic mass is 10.2. The number of nitrogens with zero attached hydrogens (tertiary/aromatic N) is 5. The molecule has 1 N–H and O–H groups in total. The van der Waals surface area contributed by atoms with Crippen LogP contribution in [0.5, 0.6) is 0 Å². The Morgan fingerprint density at radius 2 is 2.09 bits per heavy atom. The first-order valence-electron chi connectivity index (χ1n) is 10.0. The highest BCUT2D eigenvalue weighted by Gasteiger charge is 2.28. The molecule has 170 valence electrons. The second-order valence-corrected chi connectivity index (χ2v) is 9.93. The fourth-order valence-electron chi connectivity index (χ4n) is 3.54. The van der Waals surface area contributed by atoms with Crippen molar-refractivity contribution in [3.8, 4) is 5.69 Å². The second kappa shape index (κ2) is 8.34. The summed E-state index contributed by atoms with van der Waals surface area (Å²) in [5.41, 5.74) is 0.433. The molecular formula is C20H23FN6O4S. The summed E-state index contributed by atoms with van der Waals surface area (Å²) < 4.78 is 44.6. The van der Waals surface area contributed by atoms with Crippen molar-refractivity contribution in [2.24, 2.45) is 0 Å². The van der Waals surface area contributed by atoms with Crippen LogP contribution in [-0.4, -0.2) is 70.7 Å². The number of hydrogen-bond acceptors (Lipinski definition) is 8. The lowest BCUT2D eigenvalue weighted by molar-refractivity contribution is 0.0834. The molecule has 1 unspecified atom stereocenters. The van der Waals surface area contributed by atoms with E-state index in [0.29, 0.717) is 36.4 Å². The Labute approximate surface area is 184 Å². The van der Waals surface area contributed by atoms with Crippen LogP contribution >= 0.6 is 0 Å². The number of aromatic nitrogens is 4. The van der Waals surface area contributed by atoms with Gasteiger partial charge in [0.1, 0.15) is 23.6 Å². The van der Waals surface area contributed by atoms with E-state index in [1.807, 2.05) is 0 Å². The maximum absolute atomic E-state index is 14.7. The van der Waals surface area contributed by atoms with Crippen LogP contribution in [0.15, 0.2) is 35.6 Å². The van der Waals surface area contributed by atoms with Crippen molar-refractivity contribution < 1.29 is 22.3 Å². The maximum atomic E-state index is 14.7. The van der Waals surface area contributed by atoms with Crippen LogP contribution in [0.3, 0.4) is 0 Å². The monoisotopic (exact) mass is 462 g/mol. The van der Waals surface area contributed by atoms with E-state index >= 15 is 0 Å². The molecule has 0 saturated carbocycles. The lowest BCUT2D eigenvalue weighted by Gasteiger charge is -2.18. The molecule has 4 rings (SSSR count). The summed E-state index contributed by atoms with van der Waals surface area (Å²) in [6.07, 6.45) is 4.05. The highest BCUT2D eigenvalue weighted by molar-refractivity contribution is 7.90. The van der Waals surface area contributed by atoms with Crippen LogP contribution in [0.1, 0.15) is 20.3 Å². The Balaban J connectivity index is 1.58. The van der Waals surface area contributed by atoms with E-state index in [9.17, 15) is 17.6 Å². The molecule has 1 aliphatic rings. The molecule has 0 radical (unpaired) electrons. The smallest absolute Gasteiger partial charge is 0.410 e. The van der Waals surface area contributed by atoms with Crippen LogP contribution < -0.4 is 5.32 Å². The molecule has 0 aliphatic carbocycles. The second-order valence-electron chi connectivity index (χ2n) is 7.91. The molecule has 3 heterocycles. The van der Waals surface area contributed by atoms with Gasteiger partial charge in [0.2, 0.25) is 0 Å². The van der Waals surface area contributed by atoms with Gasteiger partial charge in [0.15, 0.2) is 15.5 Å². The van der Waals surface area contributed by atoms with Crippen molar-refractivity contribution in [3.05, 3.63) is 36.5 Å². The van der Waals surface area contributed by atoms with Crippen LogP contribution in [-0.2, 0) is 14.6 Å². The molecule has 0 bridgehead atoms. The number of halogens is 1. The average molecular weight is 463 g/mol. The predicted molar refractivity (Wildman–Crippen MR) is 115 cm³/mol. The van der Waals surface area contributed by atoms with Gasteiger partial charge in [0.05, 0.1) is 22.6 Å². The highest BCUT2D eigenvalue weighted by atomic mass is 32.2. The minimum atomic E-state index is -3.53. The molecule has 0 spiro atoms. The first kappa shape index (κ1) is 21.9. The van der Waals surface area contributed by atoms with Crippen LogP contribution in [0.4, 0.5) is 15.0 Å². The number of nitrogens with one attached hydrogen (secondary N) is 1. The number of carbonyl (C=O) groups excluding carboxylic acids is 1. The summed E-state index contributed by atoms with van der Waals surface area (Å²) in [6, 6.07) is 3.59. The molecule has 2 aromatic heterocycles. The molecule has 3 aromatic rings. The van der Waals surface area contributed by atoms with Gasteiger partial charge in [-0.25, -0.2) is 32.3 Å². The minimum absolute atomic E-state index is 0.0399. The zero-order valence-electron chi connectivity index (χ0n) is 17.8. The number of fused-ring (bicyclic) bond motifs is 1. The van der Waals surface area contributed by atoms with Crippen LogP contribution in [0.2, 0.25) is 0 Å². The molecule has 1 aliphatic heterocycles. The highest BCUT2D eigenvalue weighted by Crippen LogP contribution is 2.26. The molecule has 12 heteroatoms. The third-order valence-electron chi connectivity index (χ3n) is 5.07. The third kappa shape index (κ3) is 4.35. The Kier molecular flexibility index (Phi) is 5.71. The topological polar surface area (TPSA) is 119 Å². The van der Waals surface area contributed by atoms with Crippen molar-refractivity contribution in [1.82, 2.24) is 24.6 Å². The van der Waals surface area contributed by atoms with E-state index in [0.717, 1.165) is 12.3 Å². The zero-order chi connectivity index (χ0) is 23.0. The van der Waals surface area contributed by atoms with Crippen LogP contribution in [0, 0.1) is 5.82 Å². The van der Waals surface area contributed by atoms with E-state index in [4.69, 9.17) is 4.74 Å². The first-order valence-corrected chi connectivity index (χ1v) is 11.9. The van der Waals surface area contributed by atoms with E-state index in [2.05, 4.69) is 20.4 Å². The van der Waals surface area contributed by atoms with Crippen molar-refractivity contribution in [2.75, 3.05) is 24.7 Å². The largest absolute Gasteiger partial charge is 0.447 e. The summed E-state index contributed by atoms with van der Waals surface area (Å²) >= 11 is 0. The number of amides is 1. The van der Waals surface area contributed by atoms with Gasteiger partial charge in [-0.3, -0.25) is 0 Å². The van der Waals surface area contributed by atoms with Gasteiger partial charge in [-0.15, -0.1) is 0 Å². The summed E-state index contributed by atoms with van der Waals surface area (Å²) in [5.74, 6) is -0.223. The SMILES string of the molecule is CC(C)OC(=O)N1CCC(Nc2ncnc3c2cnn3-c2ccc(S(C)(=O)=O)cc2F)C1. The predicted octanol–water partition coefficient (Wildman–Crippen LogP) is 2.39. The van der Waals surface area contributed by atoms with E-state index < -0.39 is 15.7 Å². The molecule has 1 fully saturated rings. The van der Waals surface area contributed by atoms with Gasteiger partial charge in [0.25, 0.3) is 0 Å². The lowest BCUT2D eigenvalue weighted by Crippen LogP contribution is -2.33. The number of hydrogen-bond donors (Lipinski definition) is 1. The fourth-order valence-corrected chi connectivity index (χ4v) is 4.17. The molecule has 1 atom stereocenters. The Hall–Kier alpha value is -3.28. The van der Waals surface area contributed by atoms with Gasteiger partial charge in [-0.05, 0) is 38.5 Å². The van der Waals surface area contributed by atoms with Gasteiger partial charge in [-0.2, -0.15) is 5.10 Å². The van der Waals surface area contributed by atoms with Crippen molar-refractivity contribution in [3.63, 3.8) is 0 Å². The maximum Gasteiger partial charge on any atom is 0.410 e. The van der Waals surface area contributed by atoms with E-state index in [1.54, 1.807) is 18.7 Å². The zero-order valence-corrected chi connectivity index (χ0v) is 18.6. The molecule has 10 nitrogen and oxygen atoms in total. The molecular weight excluding hydrogens is 439 g/mol. The van der Waals surface area contributed by atoms with Gasteiger partial charge in [0, 0.05) is 25.4 Å². The first-order chi connectivity index (χ1) is 15.1. The standard InChI is InChI=1S/C20H23FN6O4S/c1-12(2)31-20(28)26-7-6-13(10-26)25-18-15-9-24-27(19(15)23-11-22-18)17-5-4-14(8-16(17)21)32(3,29)30/h4-5,8-9,11-13H,6-7,10H2,1-3H3,(H,22,23,25). The number of benzene rings is 1. The fraction of sp³-hybridized carbons (Fsp3) is 0.400. The summed E-state index contributed by atoms with van der Waals surface area (Å²) in [4.78, 5) is 22.1. The van der Waals surface area contributed by atoms with Crippen molar-refractivity contribution in [1.29, 1.82) is 0 Å². The Bertz CT molecular complexity index is 1280. The van der Waals surface area contributed by atoms with Gasteiger partial charge in [-0.1, -0.05) is 0 Å². The Morgan fingerprint density at radius 3 is 2.78 bits per heavy atom. The van der Waals surface area contributed by atoms with Gasteiger partial charge >= 0.3 is 6.09 Å². The van der Waals surface area contributed by atoms with Crippen molar-refractivity contribution in [2.45, 2.75) is 37.3 Å². The molecule has 32 heavy (non-hydrogen) atoms. The third-order valence-corrected chi connectivity index (χ3v) is 6.18. The minimum Gasteiger partial charge on any atom is -0.447 e. The number of likely N-dealkylation sites (tertiary alicyclic amines) is 1. The average Bonchev–Trinajstić information content (AvgIpc) is 3.34. The number of carbonyl (C=O) groups is 1. The molecule has 1 aromatic carbocycles. The molecule has 1 amide bonds. The summed E-state index contributed by atoms with van der Waals surface area (Å²) in [5, 5.41) is 8.10.